The summed E-state index contributed by atoms with van der Waals surface area (Å²) in [7, 11) is 1.23. The number of rotatable bonds is 4. The molecule has 2 N–H and O–H groups in total. The van der Waals surface area contributed by atoms with Crippen LogP contribution in [0, 0.1) is 0 Å². The van der Waals surface area contributed by atoms with Crippen LogP contribution in [0.25, 0.3) is 0 Å². The monoisotopic (exact) mass is 278 g/mol. The Morgan fingerprint density at radius 2 is 2.12 bits per heavy atom. The molecule has 0 aliphatic carbocycles. The van der Waals surface area contributed by atoms with Crippen LogP contribution in [0.2, 0.25) is 5.02 Å². The molecular formula is C11H12Cl2O4. The highest BCUT2D eigenvalue weighted by Crippen LogP contribution is 2.24. The largest absolute Gasteiger partial charge is 0.465 e. The molecule has 0 fully saturated rings. The second kappa shape index (κ2) is 6.21. The Bertz CT molecular complexity index is 408. The molecule has 2 atom stereocenters. The fraction of sp³-hybridized carbons (Fsp3) is 0.364. The number of carbonyl (C=O) groups is 1. The minimum atomic E-state index is -1.17. The lowest BCUT2D eigenvalue weighted by Gasteiger charge is -2.16. The Labute approximate surface area is 109 Å². The maximum Gasteiger partial charge on any atom is 0.339 e. The molecule has 0 radical (unpaired) electrons. The van der Waals surface area contributed by atoms with Crippen LogP contribution in [0.1, 0.15) is 22.0 Å². The third kappa shape index (κ3) is 3.33. The van der Waals surface area contributed by atoms with E-state index in [0.29, 0.717) is 5.56 Å². The number of benzene rings is 1. The Morgan fingerprint density at radius 1 is 1.47 bits per heavy atom. The van der Waals surface area contributed by atoms with Gasteiger partial charge in [-0.15, -0.1) is 11.6 Å². The van der Waals surface area contributed by atoms with E-state index in [1.807, 2.05) is 0 Å². The zero-order chi connectivity index (χ0) is 13.0. The normalized spacial score (nSPS) is 14.2. The van der Waals surface area contributed by atoms with Gasteiger partial charge in [0.25, 0.3) is 0 Å². The summed E-state index contributed by atoms with van der Waals surface area (Å²) in [5.41, 5.74) is 0.482. The third-order valence-corrected chi connectivity index (χ3v) is 2.91. The van der Waals surface area contributed by atoms with Gasteiger partial charge in [-0.3, -0.25) is 0 Å². The van der Waals surface area contributed by atoms with E-state index in [1.165, 1.54) is 25.3 Å². The SMILES string of the molecule is COC(=O)c1cc(C(O)C(O)CCl)ccc1Cl. The van der Waals surface area contributed by atoms with Crippen LogP contribution < -0.4 is 0 Å². The van der Waals surface area contributed by atoms with Gasteiger partial charge in [-0.25, -0.2) is 4.79 Å². The molecule has 0 heterocycles. The van der Waals surface area contributed by atoms with Crippen molar-refractivity contribution in [2.75, 3.05) is 13.0 Å². The third-order valence-electron chi connectivity index (χ3n) is 2.26. The van der Waals surface area contributed by atoms with E-state index in [-0.39, 0.29) is 16.5 Å². The van der Waals surface area contributed by atoms with Crippen LogP contribution >= 0.6 is 23.2 Å². The van der Waals surface area contributed by atoms with Crippen molar-refractivity contribution >= 4 is 29.2 Å². The van der Waals surface area contributed by atoms with Gasteiger partial charge in [0.05, 0.1) is 29.7 Å². The van der Waals surface area contributed by atoms with Crippen molar-refractivity contribution in [3.05, 3.63) is 34.3 Å². The second-order valence-corrected chi connectivity index (χ2v) is 4.11. The summed E-state index contributed by atoms with van der Waals surface area (Å²) in [5.74, 6) is -0.721. The topological polar surface area (TPSA) is 66.8 Å². The van der Waals surface area contributed by atoms with Gasteiger partial charge in [-0.2, -0.15) is 0 Å². The lowest BCUT2D eigenvalue weighted by Crippen LogP contribution is -2.20. The molecule has 0 aromatic heterocycles. The van der Waals surface area contributed by atoms with Crippen LogP contribution in [0.4, 0.5) is 0 Å². The zero-order valence-electron chi connectivity index (χ0n) is 9.06. The van der Waals surface area contributed by atoms with E-state index in [2.05, 4.69) is 4.74 Å². The van der Waals surface area contributed by atoms with Crippen LogP contribution in [0.5, 0.6) is 0 Å². The molecule has 2 unspecified atom stereocenters. The van der Waals surface area contributed by atoms with Gasteiger partial charge in [0, 0.05) is 0 Å². The number of carbonyl (C=O) groups excluding carboxylic acids is 1. The second-order valence-electron chi connectivity index (χ2n) is 3.40. The van der Waals surface area contributed by atoms with Crippen LogP contribution in [0.15, 0.2) is 18.2 Å². The van der Waals surface area contributed by atoms with Gasteiger partial charge < -0.3 is 14.9 Å². The fourth-order valence-electron chi connectivity index (χ4n) is 1.30. The summed E-state index contributed by atoms with van der Waals surface area (Å²) in [6.45, 7) is 0. The molecule has 1 rings (SSSR count). The first kappa shape index (κ1) is 14.3. The number of alkyl halides is 1. The number of hydrogen-bond donors (Lipinski definition) is 2. The molecule has 4 nitrogen and oxygen atoms in total. The summed E-state index contributed by atoms with van der Waals surface area (Å²) in [5, 5.41) is 19.3. The van der Waals surface area contributed by atoms with Gasteiger partial charge in [-0.1, -0.05) is 17.7 Å². The molecule has 17 heavy (non-hydrogen) atoms. The number of aliphatic hydroxyl groups is 2. The maximum atomic E-state index is 11.4. The summed E-state index contributed by atoms with van der Waals surface area (Å²) in [6.07, 6.45) is -2.28. The summed E-state index contributed by atoms with van der Waals surface area (Å²) < 4.78 is 4.55. The molecule has 0 amide bonds. The molecule has 0 bridgehead atoms. The molecular weight excluding hydrogens is 267 g/mol. The van der Waals surface area contributed by atoms with Crippen molar-refractivity contribution in [3.8, 4) is 0 Å². The summed E-state index contributed by atoms with van der Waals surface area (Å²) >= 11 is 11.2. The molecule has 1 aromatic rings. The lowest BCUT2D eigenvalue weighted by molar-refractivity contribution is 0.0325. The van der Waals surface area contributed by atoms with E-state index in [1.54, 1.807) is 0 Å². The van der Waals surface area contributed by atoms with Crippen LogP contribution in [-0.4, -0.2) is 35.3 Å². The van der Waals surface area contributed by atoms with Crippen molar-refractivity contribution < 1.29 is 19.7 Å². The van der Waals surface area contributed by atoms with Gasteiger partial charge in [-0.05, 0) is 17.7 Å². The van der Waals surface area contributed by atoms with Crippen molar-refractivity contribution in [1.29, 1.82) is 0 Å². The average molecular weight is 279 g/mol. The average Bonchev–Trinajstić information content (AvgIpc) is 2.36. The van der Waals surface area contributed by atoms with Crippen molar-refractivity contribution in [2.24, 2.45) is 0 Å². The lowest BCUT2D eigenvalue weighted by atomic mass is 10.0. The number of methoxy groups -OCH3 is 1. The number of ether oxygens (including phenoxy) is 1. The smallest absolute Gasteiger partial charge is 0.339 e. The quantitative estimate of drug-likeness (QED) is 0.651. The van der Waals surface area contributed by atoms with E-state index >= 15 is 0 Å². The van der Waals surface area contributed by atoms with E-state index < -0.39 is 18.2 Å². The Balaban J connectivity index is 3.08. The molecule has 0 saturated carbocycles. The molecule has 0 saturated heterocycles. The predicted octanol–water partition coefficient (Wildman–Crippen LogP) is 1.76. The molecule has 0 aliphatic rings. The fourth-order valence-corrected chi connectivity index (χ4v) is 1.66. The van der Waals surface area contributed by atoms with E-state index in [0.717, 1.165) is 0 Å². The first-order valence-corrected chi connectivity index (χ1v) is 5.72. The number of hydrogen-bond acceptors (Lipinski definition) is 4. The minimum absolute atomic E-state index is 0.114. The van der Waals surface area contributed by atoms with Crippen molar-refractivity contribution in [3.63, 3.8) is 0 Å². The number of halogens is 2. The standard InChI is InChI=1S/C11H12Cl2O4/c1-17-11(16)7-4-6(2-3-8(7)13)10(15)9(14)5-12/h2-4,9-10,14-15H,5H2,1H3. The van der Waals surface area contributed by atoms with Gasteiger partial charge in [0.15, 0.2) is 0 Å². The van der Waals surface area contributed by atoms with Crippen LogP contribution in [-0.2, 0) is 4.74 Å². The summed E-state index contributed by atoms with van der Waals surface area (Å²) in [4.78, 5) is 11.4. The van der Waals surface area contributed by atoms with Crippen molar-refractivity contribution in [1.82, 2.24) is 0 Å². The molecule has 0 aliphatic heterocycles. The first-order valence-electron chi connectivity index (χ1n) is 4.81. The highest BCUT2D eigenvalue weighted by atomic mass is 35.5. The predicted molar refractivity (Wildman–Crippen MR) is 64.5 cm³/mol. The Morgan fingerprint density at radius 3 is 2.65 bits per heavy atom. The van der Waals surface area contributed by atoms with Gasteiger partial charge in [0.2, 0.25) is 0 Å². The van der Waals surface area contributed by atoms with Gasteiger partial charge >= 0.3 is 5.97 Å². The summed E-state index contributed by atoms with van der Waals surface area (Å²) in [6, 6.07) is 4.33. The van der Waals surface area contributed by atoms with E-state index in [9.17, 15) is 15.0 Å². The highest BCUT2D eigenvalue weighted by molar-refractivity contribution is 6.33. The molecule has 0 spiro atoms. The molecule has 94 valence electrons. The highest BCUT2D eigenvalue weighted by Gasteiger charge is 2.20. The van der Waals surface area contributed by atoms with E-state index in [4.69, 9.17) is 23.2 Å². The molecule has 1 aromatic carbocycles. The number of esters is 1. The minimum Gasteiger partial charge on any atom is -0.465 e. The number of aliphatic hydroxyl groups excluding tert-OH is 2. The van der Waals surface area contributed by atoms with Crippen LogP contribution in [0.3, 0.4) is 0 Å². The maximum absolute atomic E-state index is 11.4. The Kier molecular flexibility index (Phi) is 5.21. The van der Waals surface area contributed by atoms with Gasteiger partial charge in [0.1, 0.15) is 6.10 Å². The molecule has 6 heteroatoms. The Hall–Kier alpha value is -0.810. The first-order chi connectivity index (χ1) is 8.01. The zero-order valence-corrected chi connectivity index (χ0v) is 10.6. The van der Waals surface area contributed by atoms with Crippen molar-refractivity contribution in [2.45, 2.75) is 12.2 Å².